The van der Waals surface area contributed by atoms with Crippen LogP contribution in [0.2, 0.25) is 0 Å². The number of aromatic nitrogens is 1. The van der Waals surface area contributed by atoms with Crippen LogP contribution < -0.4 is 10.6 Å². The van der Waals surface area contributed by atoms with E-state index in [9.17, 15) is 9.59 Å². The molecule has 1 aromatic heterocycles. The third kappa shape index (κ3) is 4.85. The largest absolute Gasteiger partial charge is 0.480 e. The SMILES string of the molecule is Cc1cc(C(N)=O)cc(N(CCN(C)C)CC(=O)O)n1. The molecule has 0 aliphatic rings. The fourth-order valence-corrected chi connectivity index (χ4v) is 1.71. The van der Waals surface area contributed by atoms with E-state index in [-0.39, 0.29) is 6.54 Å². The van der Waals surface area contributed by atoms with Gasteiger partial charge in [-0.25, -0.2) is 4.98 Å². The summed E-state index contributed by atoms with van der Waals surface area (Å²) >= 11 is 0. The fraction of sp³-hybridized carbons (Fsp3) is 0.462. The van der Waals surface area contributed by atoms with E-state index >= 15 is 0 Å². The first-order chi connectivity index (χ1) is 9.29. The van der Waals surface area contributed by atoms with Crippen LogP contribution >= 0.6 is 0 Å². The summed E-state index contributed by atoms with van der Waals surface area (Å²) in [6, 6.07) is 3.10. The average Bonchev–Trinajstić information content (AvgIpc) is 2.32. The van der Waals surface area contributed by atoms with Gasteiger partial charge in [0.15, 0.2) is 0 Å². The molecule has 1 aromatic rings. The number of nitrogens with two attached hydrogens (primary N) is 1. The molecule has 0 saturated carbocycles. The summed E-state index contributed by atoms with van der Waals surface area (Å²) in [5.41, 5.74) is 6.21. The lowest BCUT2D eigenvalue weighted by Gasteiger charge is -2.24. The van der Waals surface area contributed by atoms with Crippen LogP contribution in [0.5, 0.6) is 0 Å². The Morgan fingerprint density at radius 2 is 1.95 bits per heavy atom. The average molecular weight is 280 g/mol. The molecule has 0 fully saturated rings. The van der Waals surface area contributed by atoms with Crippen LogP contribution in [0.3, 0.4) is 0 Å². The van der Waals surface area contributed by atoms with E-state index in [1.54, 1.807) is 17.9 Å². The first-order valence-electron chi connectivity index (χ1n) is 6.19. The van der Waals surface area contributed by atoms with Gasteiger partial charge < -0.3 is 20.6 Å². The molecule has 110 valence electrons. The zero-order valence-electron chi connectivity index (χ0n) is 12.0. The Kier molecular flexibility index (Phi) is 5.45. The Morgan fingerprint density at radius 1 is 1.30 bits per heavy atom. The molecular weight excluding hydrogens is 260 g/mol. The van der Waals surface area contributed by atoms with E-state index in [1.807, 2.05) is 19.0 Å². The topological polar surface area (TPSA) is 99.8 Å². The van der Waals surface area contributed by atoms with Crippen LogP contribution in [-0.2, 0) is 4.79 Å². The summed E-state index contributed by atoms with van der Waals surface area (Å²) in [4.78, 5) is 30.1. The molecule has 7 heteroatoms. The van der Waals surface area contributed by atoms with E-state index in [4.69, 9.17) is 10.8 Å². The van der Waals surface area contributed by atoms with Gasteiger partial charge in [0.25, 0.3) is 0 Å². The number of anilines is 1. The number of aryl methyl sites for hydroxylation is 1. The second kappa shape index (κ2) is 6.85. The van der Waals surface area contributed by atoms with Gasteiger partial charge in [0.2, 0.25) is 5.91 Å². The summed E-state index contributed by atoms with van der Waals surface area (Å²) in [5.74, 6) is -1.06. The Labute approximate surface area is 118 Å². The number of likely N-dealkylation sites (N-methyl/N-ethyl adjacent to an activating group) is 1. The first kappa shape index (κ1) is 15.9. The Balaban J connectivity index is 3.05. The predicted molar refractivity (Wildman–Crippen MR) is 75.9 cm³/mol. The number of aliphatic carboxylic acids is 1. The summed E-state index contributed by atoms with van der Waals surface area (Å²) in [7, 11) is 3.80. The van der Waals surface area contributed by atoms with Crippen molar-refractivity contribution in [1.82, 2.24) is 9.88 Å². The smallest absolute Gasteiger partial charge is 0.323 e. The maximum absolute atomic E-state index is 11.3. The number of rotatable bonds is 7. The number of hydrogen-bond acceptors (Lipinski definition) is 5. The molecule has 0 aliphatic carbocycles. The molecule has 0 aromatic carbocycles. The van der Waals surface area contributed by atoms with E-state index in [2.05, 4.69) is 4.98 Å². The van der Waals surface area contributed by atoms with Crippen molar-refractivity contribution in [3.63, 3.8) is 0 Å². The van der Waals surface area contributed by atoms with E-state index in [0.717, 1.165) is 0 Å². The van der Waals surface area contributed by atoms with Crippen LogP contribution in [0, 0.1) is 6.92 Å². The summed E-state index contributed by atoms with van der Waals surface area (Å²) in [6.07, 6.45) is 0. The lowest BCUT2D eigenvalue weighted by atomic mass is 10.2. The van der Waals surface area contributed by atoms with Gasteiger partial charge in [-0.2, -0.15) is 0 Å². The van der Waals surface area contributed by atoms with Gasteiger partial charge in [0, 0.05) is 24.3 Å². The Hall–Kier alpha value is -2.15. The molecule has 0 unspecified atom stereocenters. The van der Waals surface area contributed by atoms with Crippen molar-refractivity contribution in [2.75, 3.05) is 38.6 Å². The van der Waals surface area contributed by atoms with Crippen LogP contribution in [0.25, 0.3) is 0 Å². The molecule has 0 spiro atoms. The highest BCUT2D eigenvalue weighted by Crippen LogP contribution is 2.14. The number of nitrogens with zero attached hydrogens (tertiary/aromatic N) is 3. The van der Waals surface area contributed by atoms with Crippen molar-refractivity contribution in [2.45, 2.75) is 6.92 Å². The molecule has 20 heavy (non-hydrogen) atoms. The molecule has 0 radical (unpaired) electrons. The van der Waals surface area contributed by atoms with Crippen LogP contribution in [0.1, 0.15) is 16.1 Å². The van der Waals surface area contributed by atoms with Crippen LogP contribution in [0.15, 0.2) is 12.1 Å². The number of hydrogen-bond donors (Lipinski definition) is 2. The van der Waals surface area contributed by atoms with Crippen molar-refractivity contribution in [3.05, 3.63) is 23.4 Å². The minimum atomic E-state index is -0.951. The molecule has 0 saturated heterocycles. The first-order valence-corrected chi connectivity index (χ1v) is 6.19. The van der Waals surface area contributed by atoms with Crippen molar-refractivity contribution in [3.8, 4) is 0 Å². The quantitative estimate of drug-likeness (QED) is 0.726. The van der Waals surface area contributed by atoms with Gasteiger partial charge in [-0.15, -0.1) is 0 Å². The molecule has 0 bridgehead atoms. The summed E-state index contributed by atoms with van der Waals surface area (Å²) in [5, 5.41) is 8.98. The number of pyridine rings is 1. The molecule has 1 amide bonds. The molecule has 1 rings (SSSR count). The molecule has 1 heterocycles. The minimum absolute atomic E-state index is 0.178. The standard InChI is InChI=1S/C13H20N4O3/c1-9-6-10(13(14)20)7-11(15-9)17(8-12(18)19)5-4-16(2)3/h6-7H,4-5,8H2,1-3H3,(H2,14,20)(H,18,19). The van der Waals surface area contributed by atoms with Crippen LogP contribution in [-0.4, -0.2) is 60.6 Å². The van der Waals surface area contributed by atoms with Gasteiger partial charge in [0.1, 0.15) is 12.4 Å². The summed E-state index contributed by atoms with van der Waals surface area (Å²) in [6.45, 7) is 2.73. The van der Waals surface area contributed by atoms with Gasteiger partial charge in [0.05, 0.1) is 0 Å². The maximum atomic E-state index is 11.3. The third-order valence-corrected chi connectivity index (χ3v) is 2.69. The van der Waals surface area contributed by atoms with Crippen molar-refractivity contribution in [2.24, 2.45) is 5.73 Å². The van der Waals surface area contributed by atoms with Gasteiger partial charge in [-0.3, -0.25) is 9.59 Å². The predicted octanol–water partition coefficient (Wildman–Crippen LogP) is -0.0585. The van der Waals surface area contributed by atoms with Gasteiger partial charge in [-0.1, -0.05) is 0 Å². The normalized spacial score (nSPS) is 10.6. The molecular formula is C13H20N4O3. The number of carbonyl (C=O) groups is 2. The van der Waals surface area contributed by atoms with E-state index in [1.165, 1.54) is 6.07 Å². The number of carboxylic acids is 1. The van der Waals surface area contributed by atoms with Crippen molar-refractivity contribution < 1.29 is 14.7 Å². The van der Waals surface area contributed by atoms with Crippen molar-refractivity contribution >= 4 is 17.7 Å². The highest BCUT2D eigenvalue weighted by Gasteiger charge is 2.15. The number of carboxylic acid groups (broad SMARTS) is 1. The van der Waals surface area contributed by atoms with Crippen molar-refractivity contribution in [1.29, 1.82) is 0 Å². The molecule has 0 aliphatic heterocycles. The second-order valence-corrected chi connectivity index (χ2v) is 4.84. The third-order valence-electron chi connectivity index (χ3n) is 2.69. The summed E-state index contributed by atoms with van der Waals surface area (Å²) < 4.78 is 0. The number of amides is 1. The Bertz CT molecular complexity index is 502. The zero-order valence-corrected chi connectivity index (χ0v) is 12.0. The highest BCUT2D eigenvalue weighted by molar-refractivity contribution is 5.93. The lowest BCUT2D eigenvalue weighted by molar-refractivity contribution is -0.135. The highest BCUT2D eigenvalue weighted by atomic mass is 16.4. The monoisotopic (exact) mass is 280 g/mol. The number of carbonyl (C=O) groups excluding carboxylic acids is 1. The maximum Gasteiger partial charge on any atom is 0.323 e. The fourth-order valence-electron chi connectivity index (χ4n) is 1.71. The van der Waals surface area contributed by atoms with Gasteiger partial charge in [-0.05, 0) is 33.2 Å². The number of primary amides is 1. The van der Waals surface area contributed by atoms with Gasteiger partial charge >= 0.3 is 5.97 Å². The molecule has 3 N–H and O–H groups in total. The Morgan fingerprint density at radius 3 is 2.45 bits per heavy atom. The lowest BCUT2D eigenvalue weighted by Crippen LogP contribution is -2.36. The van der Waals surface area contributed by atoms with E-state index < -0.39 is 11.9 Å². The molecule has 0 atom stereocenters. The van der Waals surface area contributed by atoms with E-state index in [0.29, 0.717) is 30.2 Å². The zero-order chi connectivity index (χ0) is 15.3. The molecule has 7 nitrogen and oxygen atoms in total. The van der Waals surface area contributed by atoms with Crippen LogP contribution in [0.4, 0.5) is 5.82 Å². The second-order valence-electron chi connectivity index (χ2n) is 4.84. The minimum Gasteiger partial charge on any atom is -0.480 e.